The van der Waals surface area contributed by atoms with E-state index in [1.165, 1.54) is 25.7 Å². The Morgan fingerprint density at radius 2 is 2.05 bits per heavy atom. The maximum Gasteiger partial charge on any atom is 0.213 e. The molecule has 20 heavy (non-hydrogen) atoms. The molecule has 2 rings (SSSR count). The molecule has 4 nitrogen and oxygen atoms in total. The minimum absolute atomic E-state index is 0.679. The first-order chi connectivity index (χ1) is 9.72. The van der Waals surface area contributed by atoms with Crippen LogP contribution in [0.4, 0.5) is 0 Å². The minimum Gasteiger partial charge on any atom is -0.481 e. The number of hydrogen-bond donors (Lipinski definition) is 1. The zero-order valence-electron chi connectivity index (χ0n) is 12.9. The molecule has 0 radical (unpaired) electrons. The van der Waals surface area contributed by atoms with Gasteiger partial charge in [-0.3, -0.25) is 4.90 Å². The van der Waals surface area contributed by atoms with Crippen LogP contribution >= 0.6 is 0 Å². The molecule has 1 heterocycles. The fourth-order valence-corrected chi connectivity index (χ4v) is 3.05. The lowest BCUT2D eigenvalue weighted by atomic mass is 9.90. The Morgan fingerprint density at radius 3 is 2.70 bits per heavy atom. The average Bonchev–Trinajstić information content (AvgIpc) is 2.48. The number of nitrogens with one attached hydrogen (secondary N) is 1. The molecule has 0 unspecified atom stereocenters. The van der Waals surface area contributed by atoms with E-state index in [2.05, 4.69) is 35.2 Å². The van der Waals surface area contributed by atoms with Gasteiger partial charge in [0.2, 0.25) is 5.88 Å². The van der Waals surface area contributed by atoms with Crippen LogP contribution in [0.1, 0.15) is 38.3 Å². The molecule has 1 aromatic rings. The van der Waals surface area contributed by atoms with Crippen molar-refractivity contribution in [1.82, 2.24) is 15.2 Å². The Hall–Kier alpha value is -1.13. The number of rotatable bonds is 6. The van der Waals surface area contributed by atoms with E-state index in [-0.39, 0.29) is 0 Å². The standard InChI is InChI=1S/C16H27N3O/c1-4-17-13-8-10-15(11-9-13)19(2)12-14-6-5-7-16(18-14)20-3/h5-7,13,15,17H,4,8-12H2,1-3H3. The molecule has 1 fully saturated rings. The topological polar surface area (TPSA) is 37.4 Å². The third-order valence-corrected chi connectivity index (χ3v) is 4.21. The Balaban J connectivity index is 1.84. The van der Waals surface area contributed by atoms with Crippen LogP contribution in [0.15, 0.2) is 18.2 Å². The summed E-state index contributed by atoms with van der Waals surface area (Å²) in [4.78, 5) is 6.93. The van der Waals surface area contributed by atoms with Gasteiger partial charge in [0, 0.05) is 24.7 Å². The lowest BCUT2D eigenvalue weighted by Crippen LogP contribution is -2.40. The predicted octanol–water partition coefficient (Wildman–Crippen LogP) is 2.44. The van der Waals surface area contributed by atoms with E-state index in [1.54, 1.807) is 7.11 Å². The van der Waals surface area contributed by atoms with Gasteiger partial charge in [0.1, 0.15) is 0 Å². The van der Waals surface area contributed by atoms with Crippen LogP contribution in [0.3, 0.4) is 0 Å². The SMILES string of the molecule is CCNC1CCC(N(C)Cc2cccc(OC)n2)CC1. The summed E-state index contributed by atoms with van der Waals surface area (Å²) in [6.07, 6.45) is 5.12. The van der Waals surface area contributed by atoms with Crippen LogP contribution in [0, 0.1) is 0 Å². The largest absolute Gasteiger partial charge is 0.481 e. The van der Waals surface area contributed by atoms with E-state index in [0.717, 1.165) is 24.8 Å². The number of aromatic nitrogens is 1. The molecule has 1 aromatic heterocycles. The van der Waals surface area contributed by atoms with E-state index in [0.29, 0.717) is 11.9 Å². The lowest BCUT2D eigenvalue weighted by Gasteiger charge is -2.34. The molecule has 0 aliphatic heterocycles. The van der Waals surface area contributed by atoms with Gasteiger partial charge in [0.05, 0.1) is 12.8 Å². The lowest BCUT2D eigenvalue weighted by molar-refractivity contribution is 0.166. The van der Waals surface area contributed by atoms with E-state index in [4.69, 9.17) is 4.74 Å². The normalized spacial score (nSPS) is 23.0. The third-order valence-electron chi connectivity index (χ3n) is 4.21. The molecule has 0 aromatic carbocycles. The summed E-state index contributed by atoms with van der Waals surface area (Å²) in [5.74, 6) is 0.701. The van der Waals surface area contributed by atoms with Crippen LogP contribution in [0.25, 0.3) is 0 Å². The summed E-state index contributed by atoms with van der Waals surface area (Å²) in [5.41, 5.74) is 1.08. The molecular formula is C16H27N3O. The highest BCUT2D eigenvalue weighted by molar-refractivity contribution is 5.15. The van der Waals surface area contributed by atoms with Gasteiger partial charge in [0.25, 0.3) is 0 Å². The number of ether oxygens (including phenoxy) is 1. The molecule has 1 aliphatic carbocycles. The predicted molar refractivity (Wildman–Crippen MR) is 82.0 cm³/mol. The van der Waals surface area contributed by atoms with Gasteiger partial charge in [-0.2, -0.15) is 0 Å². The van der Waals surface area contributed by atoms with Crippen LogP contribution in [-0.4, -0.2) is 42.7 Å². The van der Waals surface area contributed by atoms with Crippen molar-refractivity contribution in [2.75, 3.05) is 20.7 Å². The molecule has 0 amide bonds. The molecule has 1 N–H and O–H groups in total. The average molecular weight is 277 g/mol. The van der Waals surface area contributed by atoms with Gasteiger partial charge in [-0.15, -0.1) is 0 Å². The van der Waals surface area contributed by atoms with E-state index in [9.17, 15) is 0 Å². The van der Waals surface area contributed by atoms with Gasteiger partial charge < -0.3 is 10.1 Å². The van der Waals surface area contributed by atoms with E-state index >= 15 is 0 Å². The Morgan fingerprint density at radius 1 is 1.30 bits per heavy atom. The summed E-state index contributed by atoms with van der Waals surface area (Å²) in [7, 11) is 3.87. The van der Waals surface area contributed by atoms with Gasteiger partial charge >= 0.3 is 0 Å². The Bertz CT molecular complexity index is 402. The number of hydrogen-bond acceptors (Lipinski definition) is 4. The second-order valence-electron chi connectivity index (χ2n) is 5.65. The Labute approximate surface area is 122 Å². The zero-order chi connectivity index (χ0) is 14.4. The molecule has 0 bridgehead atoms. The Kier molecular flexibility index (Phi) is 5.80. The molecule has 1 saturated carbocycles. The first-order valence-corrected chi connectivity index (χ1v) is 7.66. The number of nitrogens with zero attached hydrogens (tertiary/aromatic N) is 2. The van der Waals surface area contributed by atoms with Gasteiger partial charge in [-0.05, 0) is 45.3 Å². The summed E-state index contributed by atoms with van der Waals surface area (Å²) in [5, 5.41) is 3.56. The van der Waals surface area contributed by atoms with Crippen molar-refractivity contribution in [3.63, 3.8) is 0 Å². The first kappa shape index (κ1) is 15.3. The highest BCUT2D eigenvalue weighted by Gasteiger charge is 2.23. The summed E-state index contributed by atoms with van der Waals surface area (Å²) in [6.45, 7) is 4.17. The van der Waals surface area contributed by atoms with Crippen LogP contribution < -0.4 is 10.1 Å². The van der Waals surface area contributed by atoms with Gasteiger partial charge in [0.15, 0.2) is 0 Å². The highest BCUT2D eigenvalue weighted by atomic mass is 16.5. The van der Waals surface area contributed by atoms with Crippen LogP contribution in [0.5, 0.6) is 5.88 Å². The van der Waals surface area contributed by atoms with Crippen LogP contribution in [0.2, 0.25) is 0 Å². The van der Waals surface area contributed by atoms with Crippen molar-refractivity contribution in [1.29, 1.82) is 0 Å². The minimum atomic E-state index is 0.679. The summed E-state index contributed by atoms with van der Waals surface area (Å²) < 4.78 is 5.18. The van der Waals surface area contributed by atoms with Crippen molar-refractivity contribution in [2.45, 2.75) is 51.2 Å². The van der Waals surface area contributed by atoms with Crippen molar-refractivity contribution in [2.24, 2.45) is 0 Å². The monoisotopic (exact) mass is 277 g/mol. The van der Waals surface area contributed by atoms with E-state index < -0.39 is 0 Å². The van der Waals surface area contributed by atoms with Gasteiger partial charge in [-0.1, -0.05) is 13.0 Å². The van der Waals surface area contributed by atoms with Crippen molar-refractivity contribution < 1.29 is 4.74 Å². The number of methoxy groups -OCH3 is 1. The van der Waals surface area contributed by atoms with Gasteiger partial charge in [-0.25, -0.2) is 4.98 Å². The maximum absolute atomic E-state index is 5.18. The van der Waals surface area contributed by atoms with Crippen molar-refractivity contribution in [3.05, 3.63) is 23.9 Å². The molecule has 0 spiro atoms. The molecule has 0 atom stereocenters. The molecule has 1 aliphatic rings. The molecule has 0 saturated heterocycles. The second kappa shape index (κ2) is 7.60. The number of pyridine rings is 1. The zero-order valence-corrected chi connectivity index (χ0v) is 12.9. The second-order valence-corrected chi connectivity index (χ2v) is 5.65. The third kappa shape index (κ3) is 4.18. The van der Waals surface area contributed by atoms with Crippen molar-refractivity contribution in [3.8, 4) is 5.88 Å². The molecule has 4 heteroatoms. The first-order valence-electron chi connectivity index (χ1n) is 7.66. The summed E-state index contributed by atoms with van der Waals surface area (Å²) in [6, 6.07) is 7.38. The smallest absolute Gasteiger partial charge is 0.213 e. The molecule has 112 valence electrons. The maximum atomic E-state index is 5.18. The summed E-state index contributed by atoms with van der Waals surface area (Å²) >= 11 is 0. The quantitative estimate of drug-likeness (QED) is 0.866. The van der Waals surface area contributed by atoms with Crippen molar-refractivity contribution >= 4 is 0 Å². The highest BCUT2D eigenvalue weighted by Crippen LogP contribution is 2.23. The fourth-order valence-electron chi connectivity index (χ4n) is 3.05. The molecular weight excluding hydrogens is 250 g/mol. The van der Waals surface area contributed by atoms with Crippen LogP contribution in [-0.2, 0) is 6.54 Å². The van der Waals surface area contributed by atoms with E-state index in [1.807, 2.05) is 12.1 Å². The fraction of sp³-hybridized carbons (Fsp3) is 0.688.